The number of ketones is 1. The predicted octanol–water partition coefficient (Wildman–Crippen LogP) is 7.76. The number of imide groups is 1. The summed E-state index contributed by atoms with van der Waals surface area (Å²) in [6.07, 6.45) is 4.35. The normalized spacial score (nSPS) is 15.6. The molecule has 1 unspecified atom stereocenters. The van der Waals surface area contributed by atoms with E-state index in [1.807, 2.05) is 36.4 Å². The zero-order valence-electron chi connectivity index (χ0n) is 27.0. The summed E-state index contributed by atoms with van der Waals surface area (Å²) in [4.78, 5) is 57.3. The molecule has 5 aromatic carbocycles. The first kappa shape index (κ1) is 31.6. The summed E-state index contributed by atoms with van der Waals surface area (Å²) in [7, 11) is 1.33. The second-order valence-electron chi connectivity index (χ2n) is 12.3. The van der Waals surface area contributed by atoms with Crippen molar-refractivity contribution in [2.75, 3.05) is 7.11 Å². The molecule has 0 bridgehead atoms. The molecule has 2 amide bonds. The molecule has 1 aromatic heterocycles. The Morgan fingerprint density at radius 3 is 2.14 bits per heavy atom. The SMILES string of the molecule is COC(=O)c1ccccn1.O=C(C(Cc1ccccc1)N1C(=O)c2ccccc2C1=O)[C@H]1CCCc2c1ccc1c2ccc2ccccc21. The van der Waals surface area contributed by atoms with E-state index in [0.29, 0.717) is 29.7 Å². The van der Waals surface area contributed by atoms with Gasteiger partial charge in [-0.15, -0.1) is 0 Å². The minimum absolute atomic E-state index is 0.0607. The van der Waals surface area contributed by atoms with E-state index in [-0.39, 0.29) is 23.5 Å². The van der Waals surface area contributed by atoms with Gasteiger partial charge in [0.1, 0.15) is 11.7 Å². The van der Waals surface area contributed by atoms with E-state index in [4.69, 9.17) is 0 Å². The summed E-state index contributed by atoms with van der Waals surface area (Å²) >= 11 is 0. The molecule has 0 spiro atoms. The second-order valence-corrected chi connectivity index (χ2v) is 12.3. The number of aryl methyl sites for hydroxylation is 1. The van der Waals surface area contributed by atoms with Gasteiger partial charge in [-0.05, 0) is 81.8 Å². The van der Waals surface area contributed by atoms with Crippen LogP contribution in [0.1, 0.15) is 66.7 Å². The molecule has 7 nitrogen and oxygen atoms in total. The average molecular weight is 647 g/mol. The van der Waals surface area contributed by atoms with Crippen molar-refractivity contribution in [2.45, 2.75) is 37.6 Å². The molecule has 7 heteroatoms. The standard InChI is InChI=1S/C35H27NO3.C7H7NO2/c37-33(29-16-8-15-25-27-18-17-23-11-4-5-12-24(23)26(27)19-20-28(25)29)32(21-22-9-2-1-3-10-22)36-34(38)30-13-6-7-14-31(30)35(36)39;1-10-7(9)6-4-2-3-5-8-6/h1-7,9-14,17-20,29,32H,8,15-16,21H2;2-5H,1H3/t29-,32?;/m0./s1. The van der Waals surface area contributed by atoms with Gasteiger partial charge in [0.2, 0.25) is 0 Å². The molecule has 0 radical (unpaired) electrons. The lowest BCUT2D eigenvalue weighted by atomic mass is 9.76. The quantitative estimate of drug-likeness (QED) is 0.104. The van der Waals surface area contributed by atoms with Crippen LogP contribution in [-0.2, 0) is 22.4 Å². The number of carbonyl (C=O) groups is 4. The van der Waals surface area contributed by atoms with Crippen molar-refractivity contribution in [3.8, 4) is 0 Å². The number of nitrogens with zero attached hydrogens (tertiary/aromatic N) is 2. The number of amides is 2. The largest absolute Gasteiger partial charge is 0.464 e. The molecule has 0 fully saturated rings. The zero-order valence-corrected chi connectivity index (χ0v) is 27.0. The monoisotopic (exact) mass is 646 g/mol. The smallest absolute Gasteiger partial charge is 0.356 e. The number of pyridine rings is 1. The van der Waals surface area contributed by atoms with Gasteiger partial charge in [-0.25, -0.2) is 9.78 Å². The molecule has 0 saturated carbocycles. The van der Waals surface area contributed by atoms with E-state index >= 15 is 0 Å². The maximum absolute atomic E-state index is 14.5. The van der Waals surface area contributed by atoms with Gasteiger partial charge in [0.25, 0.3) is 11.8 Å². The van der Waals surface area contributed by atoms with E-state index < -0.39 is 12.0 Å². The first-order valence-electron chi connectivity index (χ1n) is 16.4. The maximum Gasteiger partial charge on any atom is 0.356 e. The number of ether oxygens (including phenoxy) is 1. The summed E-state index contributed by atoms with van der Waals surface area (Å²) in [5.74, 6) is -1.60. The number of esters is 1. The van der Waals surface area contributed by atoms with Gasteiger partial charge in [0.15, 0.2) is 5.78 Å². The highest BCUT2D eigenvalue weighted by Crippen LogP contribution is 2.40. The van der Waals surface area contributed by atoms with Crippen LogP contribution in [-0.4, -0.2) is 46.6 Å². The number of benzene rings is 5. The lowest BCUT2D eigenvalue weighted by Crippen LogP contribution is -2.48. The molecule has 1 aliphatic carbocycles. The number of aromatic nitrogens is 1. The Balaban J connectivity index is 0.000000327. The lowest BCUT2D eigenvalue weighted by Gasteiger charge is -2.32. The Morgan fingerprint density at radius 2 is 1.43 bits per heavy atom. The molecule has 2 atom stereocenters. The summed E-state index contributed by atoms with van der Waals surface area (Å²) < 4.78 is 4.43. The molecule has 49 heavy (non-hydrogen) atoms. The van der Waals surface area contributed by atoms with Crippen LogP contribution in [0.5, 0.6) is 0 Å². The molecular weight excluding hydrogens is 612 g/mol. The number of Topliss-reactive ketones (excluding diaryl/α,β-unsaturated/α-hetero) is 1. The van der Waals surface area contributed by atoms with Gasteiger partial charge >= 0.3 is 5.97 Å². The van der Waals surface area contributed by atoms with Crippen LogP contribution in [0.15, 0.2) is 128 Å². The predicted molar refractivity (Wildman–Crippen MR) is 189 cm³/mol. The molecule has 242 valence electrons. The average Bonchev–Trinajstić information content (AvgIpc) is 3.42. The van der Waals surface area contributed by atoms with Gasteiger partial charge in [0, 0.05) is 18.5 Å². The van der Waals surface area contributed by atoms with Crippen molar-refractivity contribution in [3.63, 3.8) is 0 Å². The molecule has 0 N–H and O–H groups in total. The van der Waals surface area contributed by atoms with Gasteiger partial charge in [-0.2, -0.15) is 0 Å². The van der Waals surface area contributed by atoms with Gasteiger partial charge in [-0.3, -0.25) is 19.3 Å². The van der Waals surface area contributed by atoms with Crippen molar-refractivity contribution in [3.05, 3.63) is 161 Å². The topological polar surface area (TPSA) is 93.6 Å². The molecule has 1 aliphatic heterocycles. The third kappa shape index (κ3) is 6.00. The van der Waals surface area contributed by atoms with E-state index in [2.05, 4.69) is 52.2 Å². The van der Waals surface area contributed by atoms with Crippen molar-refractivity contribution in [1.29, 1.82) is 0 Å². The van der Waals surface area contributed by atoms with Crippen LogP contribution in [0.4, 0.5) is 0 Å². The van der Waals surface area contributed by atoms with Crippen molar-refractivity contribution >= 4 is 45.1 Å². The fourth-order valence-corrected chi connectivity index (χ4v) is 7.17. The Bertz CT molecular complexity index is 2180. The Hall–Kier alpha value is -5.95. The number of hydrogen-bond donors (Lipinski definition) is 0. The van der Waals surface area contributed by atoms with Gasteiger partial charge in [0.05, 0.1) is 18.2 Å². The van der Waals surface area contributed by atoms with Crippen LogP contribution in [0, 0.1) is 0 Å². The number of methoxy groups -OCH3 is 1. The highest BCUT2D eigenvalue weighted by molar-refractivity contribution is 6.23. The minimum atomic E-state index is -0.872. The fourth-order valence-electron chi connectivity index (χ4n) is 7.17. The molecule has 0 saturated heterocycles. The number of rotatable bonds is 6. The van der Waals surface area contributed by atoms with Crippen molar-refractivity contribution in [1.82, 2.24) is 9.88 Å². The zero-order chi connectivity index (χ0) is 33.9. The lowest BCUT2D eigenvalue weighted by molar-refractivity contribution is -0.124. The van der Waals surface area contributed by atoms with Gasteiger partial charge < -0.3 is 4.74 Å². The molecule has 8 rings (SSSR count). The second kappa shape index (κ2) is 13.6. The first-order chi connectivity index (χ1) is 24.0. The van der Waals surface area contributed by atoms with Crippen LogP contribution >= 0.6 is 0 Å². The minimum Gasteiger partial charge on any atom is -0.464 e. The number of fused-ring (bicyclic) bond motifs is 6. The summed E-state index contributed by atoms with van der Waals surface area (Å²) in [5.41, 5.74) is 4.25. The van der Waals surface area contributed by atoms with E-state index in [0.717, 1.165) is 24.0 Å². The Labute approximate surface area is 284 Å². The summed E-state index contributed by atoms with van der Waals surface area (Å²) in [6, 6.07) is 37.7. The number of hydrogen-bond acceptors (Lipinski definition) is 6. The first-order valence-corrected chi connectivity index (χ1v) is 16.4. The molecule has 6 aromatic rings. The third-order valence-corrected chi connectivity index (χ3v) is 9.51. The van der Waals surface area contributed by atoms with E-state index in [9.17, 15) is 19.2 Å². The summed E-state index contributed by atoms with van der Waals surface area (Å²) in [5, 5.41) is 4.78. The number of carbonyl (C=O) groups excluding carboxylic acids is 4. The fraction of sp³-hybridized carbons (Fsp3) is 0.167. The third-order valence-electron chi connectivity index (χ3n) is 9.51. The van der Waals surface area contributed by atoms with Crippen LogP contribution < -0.4 is 0 Å². The van der Waals surface area contributed by atoms with Crippen molar-refractivity contribution < 1.29 is 23.9 Å². The molecule has 2 heterocycles. The van der Waals surface area contributed by atoms with Crippen LogP contribution in [0.25, 0.3) is 21.5 Å². The van der Waals surface area contributed by atoms with E-state index in [1.54, 1.807) is 48.7 Å². The van der Waals surface area contributed by atoms with Crippen molar-refractivity contribution in [2.24, 2.45) is 0 Å². The summed E-state index contributed by atoms with van der Waals surface area (Å²) in [6.45, 7) is 0. The van der Waals surface area contributed by atoms with E-state index in [1.165, 1.54) is 39.1 Å². The van der Waals surface area contributed by atoms with Crippen LogP contribution in [0.2, 0.25) is 0 Å². The van der Waals surface area contributed by atoms with Gasteiger partial charge in [-0.1, -0.05) is 97.1 Å². The molecule has 2 aliphatic rings. The molecular formula is C42H34N2O5. The highest BCUT2D eigenvalue weighted by atomic mass is 16.5. The highest BCUT2D eigenvalue weighted by Gasteiger charge is 2.45. The maximum atomic E-state index is 14.5. The Morgan fingerprint density at radius 1 is 0.755 bits per heavy atom. The Kier molecular flexibility index (Phi) is 8.81. The van der Waals surface area contributed by atoms with Crippen LogP contribution in [0.3, 0.4) is 0 Å².